The summed E-state index contributed by atoms with van der Waals surface area (Å²) in [5.41, 5.74) is 1.40. The molecule has 1 fully saturated rings. The van der Waals surface area contributed by atoms with E-state index in [9.17, 15) is 0 Å². The van der Waals surface area contributed by atoms with Crippen LogP contribution in [0.25, 0.3) is 0 Å². The summed E-state index contributed by atoms with van der Waals surface area (Å²) < 4.78 is 0. The average Bonchev–Trinajstić information content (AvgIpc) is 2.47. The molecule has 0 amide bonds. The summed E-state index contributed by atoms with van der Waals surface area (Å²) in [5.74, 6) is 0. The van der Waals surface area contributed by atoms with Crippen molar-refractivity contribution in [3.8, 4) is 0 Å². The molecule has 19 heavy (non-hydrogen) atoms. The summed E-state index contributed by atoms with van der Waals surface area (Å²) >= 11 is 0. The van der Waals surface area contributed by atoms with Crippen molar-refractivity contribution >= 4 is 0 Å². The summed E-state index contributed by atoms with van der Waals surface area (Å²) in [6.07, 6.45) is 0. The largest absolute Gasteiger partial charge is 0.301 e. The number of benzene rings is 1. The highest BCUT2D eigenvalue weighted by Gasteiger charge is 2.15. The molecular weight excluding hydrogens is 234 g/mol. The van der Waals surface area contributed by atoms with E-state index in [0.717, 1.165) is 13.1 Å². The summed E-state index contributed by atoms with van der Waals surface area (Å²) in [6, 6.07) is 10.7. The van der Waals surface area contributed by atoms with Crippen molar-refractivity contribution in [2.24, 2.45) is 0 Å². The molecule has 2 rings (SSSR count). The third-order valence-electron chi connectivity index (χ3n) is 4.01. The Morgan fingerprint density at radius 3 is 2.26 bits per heavy atom. The Balaban J connectivity index is 1.65. The maximum absolute atomic E-state index is 2.59. The molecule has 1 aromatic carbocycles. The molecule has 0 atom stereocenters. The van der Waals surface area contributed by atoms with Gasteiger partial charge in [0.05, 0.1) is 0 Å². The summed E-state index contributed by atoms with van der Waals surface area (Å²) in [5, 5.41) is 0. The van der Waals surface area contributed by atoms with Crippen molar-refractivity contribution < 1.29 is 0 Å². The first kappa shape index (κ1) is 14.5. The van der Waals surface area contributed by atoms with Gasteiger partial charge in [0, 0.05) is 45.8 Å². The van der Waals surface area contributed by atoms with Crippen molar-refractivity contribution in [2.45, 2.75) is 13.5 Å². The second-order valence-electron chi connectivity index (χ2n) is 5.50. The van der Waals surface area contributed by atoms with E-state index in [4.69, 9.17) is 0 Å². The predicted octanol–water partition coefficient (Wildman–Crippen LogP) is 1.76. The summed E-state index contributed by atoms with van der Waals surface area (Å²) in [4.78, 5) is 7.54. The molecule has 0 spiro atoms. The first-order valence-corrected chi connectivity index (χ1v) is 7.45. The van der Waals surface area contributed by atoms with Crippen LogP contribution >= 0.6 is 0 Å². The molecule has 0 aromatic heterocycles. The maximum atomic E-state index is 2.59. The van der Waals surface area contributed by atoms with E-state index in [0.29, 0.717) is 0 Å². The van der Waals surface area contributed by atoms with Crippen LogP contribution in [0, 0.1) is 0 Å². The van der Waals surface area contributed by atoms with Gasteiger partial charge < -0.3 is 9.80 Å². The van der Waals surface area contributed by atoms with Crippen molar-refractivity contribution in [1.29, 1.82) is 0 Å². The number of hydrogen-bond acceptors (Lipinski definition) is 3. The van der Waals surface area contributed by atoms with Crippen LogP contribution in [0.2, 0.25) is 0 Å². The first-order chi connectivity index (χ1) is 9.28. The monoisotopic (exact) mass is 261 g/mol. The number of nitrogens with zero attached hydrogens (tertiary/aromatic N) is 3. The van der Waals surface area contributed by atoms with Gasteiger partial charge in [0.2, 0.25) is 0 Å². The Hall–Kier alpha value is -0.900. The van der Waals surface area contributed by atoms with Crippen LogP contribution in [-0.4, -0.2) is 67.6 Å². The van der Waals surface area contributed by atoms with Crippen LogP contribution in [-0.2, 0) is 6.54 Å². The zero-order valence-corrected chi connectivity index (χ0v) is 12.4. The fourth-order valence-electron chi connectivity index (χ4n) is 2.62. The van der Waals surface area contributed by atoms with Crippen LogP contribution in [0.3, 0.4) is 0 Å². The molecule has 1 aliphatic rings. The van der Waals surface area contributed by atoms with Gasteiger partial charge in [-0.25, -0.2) is 0 Å². The highest BCUT2D eigenvalue weighted by molar-refractivity contribution is 5.14. The number of hydrogen-bond donors (Lipinski definition) is 0. The zero-order valence-electron chi connectivity index (χ0n) is 12.4. The van der Waals surface area contributed by atoms with Gasteiger partial charge >= 0.3 is 0 Å². The Morgan fingerprint density at radius 2 is 1.63 bits per heavy atom. The lowest BCUT2D eigenvalue weighted by atomic mass is 10.2. The van der Waals surface area contributed by atoms with Crippen LogP contribution in [0.15, 0.2) is 30.3 Å². The molecule has 0 radical (unpaired) electrons. The Bertz CT molecular complexity index is 344. The van der Waals surface area contributed by atoms with Gasteiger partial charge in [0.1, 0.15) is 0 Å². The van der Waals surface area contributed by atoms with Gasteiger partial charge in [-0.3, -0.25) is 4.90 Å². The lowest BCUT2D eigenvalue weighted by Gasteiger charge is -2.34. The molecule has 0 aliphatic carbocycles. The van der Waals surface area contributed by atoms with Crippen LogP contribution in [0.4, 0.5) is 0 Å². The van der Waals surface area contributed by atoms with Crippen LogP contribution in [0.1, 0.15) is 12.5 Å². The van der Waals surface area contributed by atoms with Crippen LogP contribution in [0.5, 0.6) is 0 Å². The van der Waals surface area contributed by atoms with E-state index in [2.05, 4.69) is 59.0 Å². The number of likely N-dealkylation sites (N-methyl/N-ethyl adjacent to an activating group) is 2. The summed E-state index contributed by atoms with van der Waals surface area (Å²) in [6.45, 7) is 11.8. The van der Waals surface area contributed by atoms with Gasteiger partial charge in [-0.15, -0.1) is 0 Å². The third kappa shape index (κ3) is 4.94. The molecule has 0 unspecified atom stereocenters. The Morgan fingerprint density at radius 1 is 1.00 bits per heavy atom. The van der Waals surface area contributed by atoms with E-state index in [-0.39, 0.29) is 0 Å². The van der Waals surface area contributed by atoms with E-state index in [1.54, 1.807) is 0 Å². The fourth-order valence-corrected chi connectivity index (χ4v) is 2.62. The first-order valence-electron chi connectivity index (χ1n) is 7.45. The quantitative estimate of drug-likeness (QED) is 0.772. The molecule has 3 heteroatoms. The van der Waals surface area contributed by atoms with Crippen molar-refractivity contribution in [2.75, 3.05) is 52.9 Å². The molecule has 0 bridgehead atoms. The van der Waals surface area contributed by atoms with E-state index < -0.39 is 0 Å². The highest BCUT2D eigenvalue weighted by atomic mass is 15.3. The molecule has 106 valence electrons. The SMILES string of the molecule is CCN1CCN(CCN(C)Cc2ccccc2)CC1. The minimum Gasteiger partial charge on any atom is -0.301 e. The van der Waals surface area contributed by atoms with Crippen molar-refractivity contribution in [1.82, 2.24) is 14.7 Å². The van der Waals surface area contributed by atoms with Crippen molar-refractivity contribution in [3.05, 3.63) is 35.9 Å². The second kappa shape index (κ2) is 7.63. The topological polar surface area (TPSA) is 9.72 Å². The smallest absolute Gasteiger partial charge is 0.0231 e. The lowest BCUT2D eigenvalue weighted by molar-refractivity contribution is 0.126. The molecule has 1 aromatic rings. The minimum atomic E-state index is 1.05. The average molecular weight is 261 g/mol. The van der Waals surface area contributed by atoms with E-state index in [1.807, 2.05) is 0 Å². The van der Waals surface area contributed by atoms with E-state index >= 15 is 0 Å². The van der Waals surface area contributed by atoms with Crippen molar-refractivity contribution in [3.63, 3.8) is 0 Å². The minimum absolute atomic E-state index is 1.05. The summed E-state index contributed by atoms with van der Waals surface area (Å²) in [7, 11) is 2.22. The van der Waals surface area contributed by atoms with Gasteiger partial charge in [-0.2, -0.15) is 0 Å². The molecule has 1 saturated heterocycles. The molecule has 3 nitrogen and oxygen atoms in total. The predicted molar refractivity (Wildman–Crippen MR) is 81.3 cm³/mol. The van der Waals surface area contributed by atoms with Gasteiger partial charge in [-0.1, -0.05) is 37.3 Å². The van der Waals surface area contributed by atoms with E-state index in [1.165, 1.54) is 44.8 Å². The normalized spacial score (nSPS) is 18.1. The Kier molecular flexibility index (Phi) is 5.83. The Labute approximate surface area is 117 Å². The molecular formula is C16H27N3. The second-order valence-corrected chi connectivity index (χ2v) is 5.50. The standard InChI is InChI=1S/C16H27N3/c1-3-18-11-13-19(14-12-18)10-9-17(2)15-16-7-5-4-6-8-16/h4-8H,3,9-15H2,1-2H3. The highest BCUT2D eigenvalue weighted by Crippen LogP contribution is 2.04. The zero-order chi connectivity index (χ0) is 13.5. The molecule has 1 heterocycles. The van der Waals surface area contributed by atoms with Gasteiger partial charge in [-0.05, 0) is 19.2 Å². The number of piperazine rings is 1. The van der Waals surface area contributed by atoms with Gasteiger partial charge in [0.25, 0.3) is 0 Å². The molecule has 1 aliphatic heterocycles. The maximum Gasteiger partial charge on any atom is 0.0231 e. The lowest BCUT2D eigenvalue weighted by Crippen LogP contribution is -2.47. The molecule has 0 saturated carbocycles. The van der Waals surface area contributed by atoms with Crippen LogP contribution < -0.4 is 0 Å². The van der Waals surface area contributed by atoms with Gasteiger partial charge in [0.15, 0.2) is 0 Å². The molecule has 0 N–H and O–H groups in total. The fraction of sp³-hybridized carbons (Fsp3) is 0.625. The third-order valence-corrected chi connectivity index (χ3v) is 4.01. The number of rotatable bonds is 6.